The van der Waals surface area contributed by atoms with Gasteiger partial charge in [-0.15, -0.1) is 0 Å². The van der Waals surface area contributed by atoms with Gasteiger partial charge < -0.3 is 5.73 Å². The van der Waals surface area contributed by atoms with Gasteiger partial charge in [0.15, 0.2) is 0 Å². The van der Waals surface area contributed by atoms with Gasteiger partial charge in [0.25, 0.3) is 5.95 Å². The van der Waals surface area contributed by atoms with Crippen molar-refractivity contribution in [2.45, 2.75) is 0 Å². The van der Waals surface area contributed by atoms with Crippen LogP contribution in [0.25, 0.3) is 0 Å². The minimum absolute atomic E-state index is 0.0985. The number of tetrazole rings is 1. The van der Waals surface area contributed by atoms with E-state index in [1.807, 2.05) is 0 Å². The summed E-state index contributed by atoms with van der Waals surface area (Å²) in [6, 6.07) is 5.06. The third kappa shape index (κ3) is 2.29. The van der Waals surface area contributed by atoms with Gasteiger partial charge in [0.2, 0.25) is 0 Å². The van der Waals surface area contributed by atoms with E-state index in [1.54, 1.807) is 18.2 Å². The third-order valence-electron chi connectivity index (χ3n) is 1.75. The molecule has 0 amide bonds. The van der Waals surface area contributed by atoms with Crippen LogP contribution in [0, 0.1) is 0 Å². The first-order chi connectivity index (χ1) is 7.66. The normalized spacial score (nSPS) is 11.1. The Kier molecular flexibility index (Phi) is 3.02. The monoisotopic (exact) mass is 256 g/mol. The molecule has 0 aliphatic carbocycles. The molecule has 2 rings (SSSR count). The average Bonchev–Trinajstić information content (AvgIpc) is 2.63. The first-order valence-corrected chi connectivity index (χ1v) is 4.95. The lowest BCUT2D eigenvalue weighted by molar-refractivity contribution is 0.699. The van der Waals surface area contributed by atoms with Gasteiger partial charge in [-0.3, -0.25) is 0 Å². The summed E-state index contributed by atoms with van der Waals surface area (Å²) >= 11 is 11.7. The summed E-state index contributed by atoms with van der Waals surface area (Å²) in [4.78, 5) is 1.09. The predicted molar refractivity (Wildman–Crippen MR) is 61.7 cm³/mol. The van der Waals surface area contributed by atoms with Gasteiger partial charge in [-0.05, 0) is 22.6 Å². The SMILES string of the molecule is Nc1nnnn1/N=C/c1ccc(Cl)cc1Cl. The van der Waals surface area contributed by atoms with Crippen LogP contribution in [0.4, 0.5) is 5.95 Å². The molecule has 6 nitrogen and oxygen atoms in total. The Balaban J connectivity index is 2.27. The van der Waals surface area contributed by atoms with Crippen LogP contribution in [0.5, 0.6) is 0 Å². The molecule has 0 fully saturated rings. The quantitative estimate of drug-likeness (QED) is 0.825. The smallest absolute Gasteiger partial charge is 0.263 e. The van der Waals surface area contributed by atoms with Crippen molar-refractivity contribution in [1.29, 1.82) is 0 Å². The van der Waals surface area contributed by atoms with E-state index in [0.717, 1.165) is 4.79 Å². The number of halogens is 2. The van der Waals surface area contributed by atoms with Crippen molar-refractivity contribution < 1.29 is 0 Å². The van der Waals surface area contributed by atoms with Gasteiger partial charge in [-0.1, -0.05) is 39.2 Å². The van der Waals surface area contributed by atoms with Crippen LogP contribution in [0.15, 0.2) is 23.3 Å². The fourth-order valence-electron chi connectivity index (χ4n) is 0.995. The summed E-state index contributed by atoms with van der Waals surface area (Å²) in [5, 5.41) is 15.3. The highest BCUT2D eigenvalue weighted by Crippen LogP contribution is 2.19. The highest BCUT2D eigenvalue weighted by Gasteiger charge is 2.00. The molecule has 16 heavy (non-hydrogen) atoms. The molecular formula is C8H6Cl2N6. The Bertz CT molecular complexity index is 535. The van der Waals surface area contributed by atoms with E-state index < -0.39 is 0 Å². The molecule has 2 aromatic rings. The number of aromatic nitrogens is 4. The first kappa shape index (κ1) is 10.8. The van der Waals surface area contributed by atoms with Crippen LogP contribution in [0.1, 0.15) is 5.56 Å². The topological polar surface area (TPSA) is 82.0 Å². The lowest BCUT2D eigenvalue weighted by Gasteiger charge is -1.97. The Hall–Kier alpha value is -1.66. The second-order valence-electron chi connectivity index (χ2n) is 2.84. The predicted octanol–water partition coefficient (Wildman–Crippen LogP) is 1.44. The summed E-state index contributed by atoms with van der Waals surface area (Å²) in [6.45, 7) is 0. The standard InChI is InChI=1S/C8H6Cl2N6/c9-6-2-1-5(7(10)3-6)4-12-16-8(11)13-14-15-16/h1-4H,(H2,11,13,15)/b12-4+. The second kappa shape index (κ2) is 4.46. The molecule has 0 spiro atoms. The number of hydrogen-bond donors (Lipinski definition) is 1. The third-order valence-corrected chi connectivity index (χ3v) is 2.31. The van der Waals surface area contributed by atoms with E-state index in [2.05, 4.69) is 20.6 Å². The number of rotatable bonds is 2. The molecule has 0 unspecified atom stereocenters. The molecule has 2 N–H and O–H groups in total. The number of nitrogen functional groups attached to an aromatic ring is 1. The summed E-state index contributed by atoms with van der Waals surface area (Å²) in [6.07, 6.45) is 1.49. The molecule has 1 aromatic carbocycles. The summed E-state index contributed by atoms with van der Waals surface area (Å²) in [5.74, 6) is 0.0985. The van der Waals surface area contributed by atoms with E-state index in [-0.39, 0.29) is 5.95 Å². The Morgan fingerprint density at radius 2 is 2.19 bits per heavy atom. The largest absolute Gasteiger partial charge is 0.365 e. The van der Waals surface area contributed by atoms with Crippen molar-refractivity contribution in [3.8, 4) is 0 Å². The van der Waals surface area contributed by atoms with E-state index in [9.17, 15) is 0 Å². The fraction of sp³-hybridized carbons (Fsp3) is 0. The van der Waals surface area contributed by atoms with E-state index >= 15 is 0 Å². The maximum absolute atomic E-state index is 5.94. The highest BCUT2D eigenvalue weighted by atomic mass is 35.5. The maximum atomic E-state index is 5.94. The highest BCUT2D eigenvalue weighted by molar-refractivity contribution is 6.36. The minimum Gasteiger partial charge on any atom is -0.365 e. The molecule has 8 heteroatoms. The van der Waals surface area contributed by atoms with Gasteiger partial charge in [-0.25, -0.2) is 0 Å². The van der Waals surface area contributed by atoms with Crippen molar-refractivity contribution >= 4 is 35.4 Å². The zero-order chi connectivity index (χ0) is 11.5. The van der Waals surface area contributed by atoms with Crippen molar-refractivity contribution in [3.05, 3.63) is 33.8 Å². The van der Waals surface area contributed by atoms with Crippen LogP contribution in [-0.4, -0.2) is 26.5 Å². The van der Waals surface area contributed by atoms with Crippen molar-refractivity contribution in [2.24, 2.45) is 5.10 Å². The summed E-state index contributed by atoms with van der Waals surface area (Å²) in [5.41, 5.74) is 6.12. The number of hydrogen-bond acceptors (Lipinski definition) is 5. The number of nitrogens with zero attached hydrogens (tertiary/aromatic N) is 5. The number of anilines is 1. The molecule has 0 radical (unpaired) electrons. The number of nitrogens with two attached hydrogens (primary N) is 1. The minimum atomic E-state index is 0.0985. The molecule has 0 saturated heterocycles. The van der Waals surface area contributed by atoms with Crippen LogP contribution in [-0.2, 0) is 0 Å². The summed E-state index contributed by atoms with van der Waals surface area (Å²) < 4.78 is 0. The molecular weight excluding hydrogens is 251 g/mol. The fourth-order valence-corrected chi connectivity index (χ4v) is 1.45. The molecule has 0 aliphatic rings. The van der Waals surface area contributed by atoms with Crippen LogP contribution < -0.4 is 5.73 Å². The zero-order valence-corrected chi connectivity index (χ0v) is 9.39. The molecule has 0 aliphatic heterocycles. The van der Waals surface area contributed by atoms with Crippen LogP contribution >= 0.6 is 23.2 Å². The van der Waals surface area contributed by atoms with E-state index in [0.29, 0.717) is 15.6 Å². The van der Waals surface area contributed by atoms with Gasteiger partial charge in [0.1, 0.15) is 0 Å². The maximum Gasteiger partial charge on any atom is 0.263 e. The van der Waals surface area contributed by atoms with Gasteiger partial charge in [0.05, 0.1) is 11.2 Å². The number of benzene rings is 1. The van der Waals surface area contributed by atoms with Crippen LogP contribution in [0.3, 0.4) is 0 Å². The molecule has 1 aromatic heterocycles. The first-order valence-electron chi connectivity index (χ1n) is 4.20. The van der Waals surface area contributed by atoms with Crippen molar-refractivity contribution in [1.82, 2.24) is 20.3 Å². The molecule has 82 valence electrons. The Morgan fingerprint density at radius 1 is 1.38 bits per heavy atom. The van der Waals surface area contributed by atoms with E-state index in [4.69, 9.17) is 28.9 Å². The zero-order valence-electron chi connectivity index (χ0n) is 7.88. The van der Waals surface area contributed by atoms with Crippen molar-refractivity contribution in [2.75, 3.05) is 5.73 Å². The lowest BCUT2D eigenvalue weighted by Crippen LogP contribution is -1.99. The van der Waals surface area contributed by atoms with Gasteiger partial charge in [0, 0.05) is 10.6 Å². The Morgan fingerprint density at radius 3 is 2.81 bits per heavy atom. The molecule has 0 atom stereocenters. The molecule has 1 heterocycles. The second-order valence-corrected chi connectivity index (χ2v) is 3.68. The van der Waals surface area contributed by atoms with Crippen LogP contribution in [0.2, 0.25) is 10.0 Å². The molecule has 0 saturated carbocycles. The molecule has 0 bridgehead atoms. The Labute approximate surface area is 101 Å². The lowest BCUT2D eigenvalue weighted by atomic mass is 10.2. The average molecular weight is 257 g/mol. The van der Waals surface area contributed by atoms with Gasteiger partial charge in [-0.2, -0.15) is 5.10 Å². The van der Waals surface area contributed by atoms with Crippen molar-refractivity contribution in [3.63, 3.8) is 0 Å². The van der Waals surface area contributed by atoms with Gasteiger partial charge >= 0.3 is 0 Å². The van der Waals surface area contributed by atoms with E-state index in [1.165, 1.54) is 6.21 Å². The summed E-state index contributed by atoms with van der Waals surface area (Å²) in [7, 11) is 0.